The Morgan fingerprint density at radius 1 is 1.53 bits per heavy atom. The number of nitro groups is 1. The number of aromatic nitrogens is 1. The Balaban J connectivity index is 2.25. The first-order valence-electron chi connectivity index (χ1n) is 4.29. The lowest BCUT2D eigenvalue weighted by molar-refractivity contribution is -0.380. The monoisotopic (exact) mass is 318 g/mol. The van der Waals surface area contributed by atoms with E-state index in [1.165, 1.54) is 12.1 Å². The molecule has 0 fully saturated rings. The van der Waals surface area contributed by atoms with E-state index in [0.717, 1.165) is 23.6 Å². The van der Waals surface area contributed by atoms with E-state index in [2.05, 4.69) is 20.9 Å². The third kappa shape index (κ3) is 2.77. The van der Waals surface area contributed by atoms with Gasteiger partial charge in [0.2, 0.25) is 0 Å². The van der Waals surface area contributed by atoms with Crippen LogP contribution in [0.3, 0.4) is 0 Å². The summed E-state index contributed by atoms with van der Waals surface area (Å²) in [6.07, 6.45) is 1.09. The summed E-state index contributed by atoms with van der Waals surface area (Å²) in [5.74, 6) is -0.247. The van der Waals surface area contributed by atoms with Crippen molar-refractivity contribution in [1.82, 2.24) is 4.98 Å². The lowest BCUT2D eigenvalue weighted by Gasteiger charge is -2.03. The van der Waals surface area contributed by atoms with E-state index in [-0.39, 0.29) is 15.9 Å². The van der Waals surface area contributed by atoms with Crippen LogP contribution in [0.4, 0.5) is 9.39 Å². The lowest BCUT2D eigenvalue weighted by Crippen LogP contribution is -1.85. The normalized spacial score (nSPS) is 10.2. The molecule has 2 aromatic rings. The molecule has 8 heteroatoms. The van der Waals surface area contributed by atoms with Crippen LogP contribution in [0.1, 0.15) is 0 Å². The fraction of sp³-hybridized carbons (Fsp3) is 0. The van der Waals surface area contributed by atoms with Crippen molar-refractivity contribution in [2.75, 3.05) is 0 Å². The zero-order chi connectivity index (χ0) is 12.4. The Kier molecular flexibility index (Phi) is 3.34. The summed E-state index contributed by atoms with van der Waals surface area (Å²) in [4.78, 5) is 13.6. The largest absolute Gasteiger partial charge is 0.429 e. The summed E-state index contributed by atoms with van der Waals surface area (Å²) in [6, 6.07) is 3.91. The number of nitrogens with zero attached hydrogens (tertiary/aromatic N) is 2. The van der Waals surface area contributed by atoms with Crippen LogP contribution < -0.4 is 4.74 Å². The Labute approximate surface area is 107 Å². The SMILES string of the molecule is O=[N+]([O-])c1cnc(Oc2cc(F)ccc2Br)s1. The molecule has 0 unspecified atom stereocenters. The second-order valence-electron chi connectivity index (χ2n) is 2.90. The molecule has 1 heterocycles. The van der Waals surface area contributed by atoms with Gasteiger partial charge in [-0.25, -0.2) is 9.37 Å². The molecule has 88 valence electrons. The van der Waals surface area contributed by atoms with Crippen molar-refractivity contribution in [3.63, 3.8) is 0 Å². The fourth-order valence-corrected chi connectivity index (χ4v) is 1.95. The van der Waals surface area contributed by atoms with Crippen LogP contribution in [0.5, 0.6) is 10.9 Å². The molecule has 0 saturated carbocycles. The molecule has 0 aliphatic heterocycles. The summed E-state index contributed by atoms with van der Waals surface area (Å²) in [6.45, 7) is 0. The third-order valence-electron chi connectivity index (χ3n) is 1.74. The predicted octanol–water partition coefficient (Wildman–Crippen LogP) is 3.75. The van der Waals surface area contributed by atoms with Gasteiger partial charge in [-0.1, -0.05) is 0 Å². The first kappa shape index (κ1) is 11.9. The molecule has 1 aromatic heterocycles. The molecule has 0 atom stereocenters. The number of rotatable bonds is 3. The van der Waals surface area contributed by atoms with Crippen molar-refractivity contribution in [2.45, 2.75) is 0 Å². The molecule has 5 nitrogen and oxygen atoms in total. The van der Waals surface area contributed by atoms with Gasteiger partial charge >= 0.3 is 5.00 Å². The number of hydrogen-bond acceptors (Lipinski definition) is 5. The highest BCUT2D eigenvalue weighted by Gasteiger charge is 2.14. The van der Waals surface area contributed by atoms with Gasteiger partial charge in [0.25, 0.3) is 5.19 Å². The first-order chi connectivity index (χ1) is 8.06. The molecule has 17 heavy (non-hydrogen) atoms. The van der Waals surface area contributed by atoms with Crippen molar-refractivity contribution in [1.29, 1.82) is 0 Å². The smallest absolute Gasteiger partial charge is 0.347 e. The van der Waals surface area contributed by atoms with Gasteiger partial charge in [-0.15, -0.1) is 0 Å². The van der Waals surface area contributed by atoms with Crippen molar-refractivity contribution >= 4 is 32.3 Å². The van der Waals surface area contributed by atoms with Gasteiger partial charge in [0.1, 0.15) is 17.8 Å². The fourth-order valence-electron chi connectivity index (χ4n) is 1.03. The van der Waals surface area contributed by atoms with Crippen molar-refractivity contribution in [3.05, 3.63) is 44.8 Å². The van der Waals surface area contributed by atoms with Crippen LogP contribution in [-0.2, 0) is 0 Å². The van der Waals surface area contributed by atoms with Crippen LogP contribution in [0.15, 0.2) is 28.9 Å². The topological polar surface area (TPSA) is 65.3 Å². The van der Waals surface area contributed by atoms with Crippen LogP contribution >= 0.6 is 27.3 Å². The minimum atomic E-state index is -0.564. The molecule has 0 saturated heterocycles. The lowest BCUT2D eigenvalue weighted by atomic mass is 10.3. The zero-order valence-corrected chi connectivity index (χ0v) is 10.5. The molecule has 0 aliphatic rings. The molecule has 0 spiro atoms. The van der Waals surface area contributed by atoms with Gasteiger partial charge in [-0.3, -0.25) is 10.1 Å². The third-order valence-corrected chi connectivity index (χ3v) is 3.22. The number of ether oxygens (including phenoxy) is 1. The molecule has 0 bridgehead atoms. The van der Waals surface area contributed by atoms with E-state index in [1.54, 1.807) is 0 Å². The average Bonchev–Trinajstić information content (AvgIpc) is 2.72. The summed E-state index contributed by atoms with van der Waals surface area (Å²) in [7, 11) is 0. The van der Waals surface area contributed by atoms with Crippen LogP contribution in [0.2, 0.25) is 0 Å². The van der Waals surface area contributed by atoms with Crippen molar-refractivity contribution in [3.8, 4) is 10.9 Å². The molecule has 0 amide bonds. The Hall–Kier alpha value is -1.54. The van der Waals surface area contributed by atoms with E-state index >= 15 is 0 Å². The summed E-state index contributed by atoms with van der Waals surface area (Å²) in [5, 5.41) is 10.4. The van der Waals surface area contributed by atoms with Gasteiger partial charge in [-0.2, -0.15) is 0 Å². The van der Waals surface area contributed by atoms with Gasteiger partial charge in [0.05, 0.1) is 9.40 Å². The molecular weight excluding hydrogens is 315 g/mol. The number of hydrogen-bond donors (Lipinski definition) is 0. The summed E-state index contributed by atoms with van der Waals surface area (Å²) in [5.41, 5.74) is 0. The van der Waals surface area contributed by atoms with E-state index in [1.807, 2.05) is 0 Å². The van der Waals surface area contributed by atoms with Crippen LogP contribution in [0, 0.1) is 15.9 Å². The number of benzene rings is 1. The average molecular weight is 319 g/mol. The quantitative estimate of drug-likeness (QED) is 0.638. The minimum Gasteiger partial charge on any atom is -0.429 e. The Morgan fingerprint density at radius 2 is 2.29 bits per heavy atom. The highest BCUT2D eigenvalue weighted by molar-refractivity contribution is 9.10. The van der Waals surface area contributed by atoms with Gasteiger partial charge in [0, 0.05) is 6.07 Å². The maximum Gasteiger partial charge on any atom is 0.347 e. The summed E-state index contributed by atoms with van der Waals surface area (Å²) < 4.78 is 18.7. The molecule has 0 N–H and O–H groups in total. The molecule has 0 aliphatic carbocycles. The highest BCUT2D eigenvalue weighted by Crippen LogP contribution is 2.34. The van der Waals surface area contributed by atoms with Crippen LogP contribution in [0.25, 0.3) is 0 Å². The zero-order valence-electron chi connectivity index (χ0n) is 8.09. The van der Waals surface area contributed by atoms with Gasteiger partial charge in [0.15, 0.2) is 0 Å². The van der Waals surface area contributed by atoms with E-state index in [9.17, 15) is 14.5 Å². The Bertz CT molecular complexity index is 575. The number of halogens is 2. The first-order valence-corrected chi connectivity index (χ1v) is 5.90. The van der Waals surface area contributed by atoms with Crippen LogP contribution in [-0.4, -0.2) is 9.91 Å². The van der Waals surface area contributed by atoms with Gasteiger partial charge in [-0.05, 0) is 39.4 Å². The van der Waals surface area contributed by atoms with E-state index < -0.39 is 10.7 Å². The second kappa shape index (κ2) is 4.76. The van der Waals surface area contributed by atoms with Crippen molar-refractivity contribution < 1.29 is 14.1 Å². The van der Waals surface area contributed by atoms with E-state index in [4.69, 9.17) is 4.74 Å². The second-order valence-corrected chi connectivity index (χ2v) is 4.72. The highest BCUT2D eigenvalue weighted by atomic mass is 79.9. The van der Waals surface area contributed by atoms with Crippen molar-refractivity contribution in [2.24, 2.45) is 0 Å². The minimum absolute atomic E-state index is 0.0861. The predicted molar refractivity (Wildman–Crippen MR) is 62.9 cm³/mol. The molecule has 1 aromatic carbocycles. The summed E-state index contributed by atoms with van der Waals surface area (Å²) >= 11 is 3.95. The Morgan fingerprint density at radius 3 is 2.94 bits per heavy atom. The molecular formula is C9H4BrFN2O3S. The van der Waals surface area contributed by atoms with Gasteiger partial charge < -0.3 is 4.74 Å². The maximum atomic E-state index is 13.0. The molecule has 0 radical (unpaired) electrons. The number of thiazole rings is 1. The van der Waals surface area contributed by atoms with E-state index in [0.29, 0.717) is 4.47 Å². The maximum absolute atomic E-state index is 13.0. The standard InChI is InChI=1S/C9H4BrFN2O3S/c10-6-2-1-5(11)3-7(6)16-9-12-4-8(17-9)13(14)15/h1-4H. The molecule has 2 rings (SSSR count).